The largest absolute Gasteiger partial charge is 0.507 e. The highest BCUT2D eigenvalue weighted by molar-refractivity contribution is 7.15. The molecule has 0 saturated carbocycles. The van der Waals surface area contributed by atoms with Crippen LogP contribution in [0, 0.1) is 6.92 Å². The Balaban J connectivity index is 1.68. The second-order valence-electron chi connectivity index (χ2n) is 7.78. The summed E-state index contributed by atoms with van der Waals surface area (Å²) in [4.78, 5) is 27.5. The Morgan fingerprint density at radius 2 is 1.94 bits per heavy atom. The van der Waals surface area contributed by atoms with Crippen molar-refractivity contribution in [2.24, 2.45) is 0 Å². The number of rotatable bonds is 3. The molecule has 0 bridgehead atoms. The van der Waals surface area contributed by atoms with Gasteiger partial charge in [-0.2, -0.15) is 0 Å². The number of Topliss-reactive ketones (excluding diaryl/α,β-unsaturated/α-hetero) is 1. The van der Waals surface area contributed by atoms with Crippen molar-refractivity contribution in [1.82, 2.24) is 10.2 Å². The van der Waals surface area contributed by atoms with Gasteiger partial charge in [-0.25, -0.2) is 0 Å². The van der Waals surface area contributed by atoms with E-state index in [-0.39, 0.29) is 17.4 Å². The molecule has 1 saturated heterocycles. The van der Waals surface area contributed by atoms with Crippen molar-refractivity contribution in [3.05, 3.63) is 74.8 Å². The number of aryl methyl sites for hydroxylation is 1. The number of aliphatic hydroxyl groups excluding tert-OH is 1. The molecule has 0 spiro atoms. The van der Waals surface area contributed by atoms with Crippen LogP contribution in [0.3, 0.4) is 0 Å². The molecule has 3 heterocycles. The first-order valence-corrected chi connectivity index (χ1v) is 11.2. The van der Waals surface area contributed by atoms with Crippen molar-refractivity contribution in [3.8, 4) is 5.75 Å². The van der Waals surface area contributed by atoms with Crippen molar-refractivity contribution in [2.75, 3.05) is 4.90 Å². The van der Waals surface area contributed by atoms with Crippen molar-refractivity contribution in [2.45, 2.75) is 32.4 Å². The number of amides is 1. The number of hydrogen-bond acceptors (Lipinski definition) is 7. The Kier molecular flexibility index (Phi) is 4.98. The highest BCUT2D eigenvalue weighted by Crippen LogP contribution is 2.43. The van der Waals surface area contributed by atoms with E-state index in [0.717, 1.165) is 11.3 Å². The first kappa shape index (κ1) is 20.7. The standard InChI is InChI=1S/C23H18ClN3O4S/c1-11-9-15-10-14(5-8-17(15)31-11)20(28)18-19(13-3-6-16(24)7-4-13)27(22(30)21(18)29)23-26-25-12(2)32-23/h3-8,10-11,19,28H,9H2,1-2H3/b20-18+/t11-,19+/m1/s1. The molecule has 1 aromatic heterocycles. The lowest BCUT2D eigenvalue weighted by Crippen LogP contribution is -2.29. The average Bonchev–Trinajstić information content (AvgIpc) is 3.43. The normalized spacial score (nSPS) is 21.7. The molecular weight excluding hydrogens is 450 g/mol. The Morgan fingerprint density at radius 1 is 1.19 bits per heavy atom. The second kappa shape index (κ2) is 7.72. The van der Waals surface area contributed by atoms with E-state index in [0.29, 0.717) is 32.7 Å². The number of benzene rings is 2. The number of hydrogen-bond donors (Lipinski definition) is 1. The van der Waals surface area contributed by atoms with Crippen LogP contribution in [0.2, 0.25) is 5.02 Å². The number of nitrogens with zero attached hydrogens (tertiary/aromatic N) is 3. The summed E-state index contributed by atoms with van der Waals surface area (Å²) in [5.41, 5.74) is 2.02. The molecule has 5 rings (SSSR count). The van der Waals surface area contributed by atoms with Gasteiger partial charge in [0.05, 0.1) is 11.6 Å². The van der Waals surface area contributed by atoms with E-state index < -0.39 is 17.7 Å². The minimum atomic E-state index is -0.858. The Morgan fingerprint density at radius 3 is 2.62 bits per heavy atom. The monoisotopic (exact) mass is 467 g/mol. The zero-order valence-corrected chi connectivity index (χ0v) is 18.8. The van der Waals surface area contributed by atoms with Gasteiger partial charge < -0.3 is 9.84 Å². The number of ether oxygens (including phenoxy) is 1. The molecule has 3 aromatic rings. The predicted molar refractivity (Wildman–Crippen MR) is 121 cm³/mol. The van der Waals surface area contributed by atoms with E-state index >= 15 is 0 Å². The molecule has 0 radical (unpaired) electrons. The summed E-state index contributed by atoms with van der Waals surface area (Å²) < 4.78 is 5.73. The van der Waals surface area contributed by atoms with Crippen LogP contribution in [0.1, 0.15) is 34.7 Å². The van der Waals surface area contributed by atoms with Gasteiger partial charge in [0.25, 0.3) is 5.78 Å². The van der Waals surface area contributed by atoms with Crippen LogP contribution in [-0.2, 0) is 16.0 Å². The number of fused-ring (bicyclic) bond motifs is 1. The predicted octanol–water partition coefficient (Wildman–Crippen LogP) is 4.45. The molecule has 2 aromatic carbocycles. The third-order valence-corrected chi connectivity index (χ3v) is 6.61. The topological polar surface area (TPSA) is 92.6 Å². The van der Waals surface area contributed by atoms with Crippen molar-refractivity contribution in [3.63, 3.8) is 0 Å². The molecule has 1 fully saturated rings. The van der Waals surface area contributed by atoms with Crippen LogP contribution in [0.5, 0.6) is 5.75 Å². The third kappa shape index (κ3) is 3.36. The highest BCUT2D eigenvalue weighted by atomic mass is 35.5. The van der Waals surface area contributed by atoms with Gasteiger partial charge in [-0.1, -0.05) is 35.1 Å². The summed E-state index contributed by atoms with van der Waals surface area (Å²) in [5.74, 6) is -1.02. The van der Waals surface area contributed by atoms with Crippen LogP contribution in [-0.4, -0.2) is 33.1 Å². The first-order valence-electron chi connectivity index (χ1n) is 10.00. The number of aromatic nitrogens is 2. The van der Waals surface area contributed by atoms with E-state index in [1.54, 1.807) is 49.4 Å². The van der Waals surface area contributed by atoms with Crippen LogP contribution in [0.15, 0.2) is 48.0 Å². The smallest absolute Gasteiger partial charge is 0.301 e. The minimum absolute atomic E-state index is 0.00270. The van der Waals surface area contributed by atoms with Crippen LogP contribution >= 0.6 is 22.9 Å². The molecular formula is C23H18ClN3O4S. The zero-order valence-electron chi connectivity index (χ0n) is 17.2. The SMILES string of the molecule is Cc1nnc(N2C(=O)C(=O)/C(=C(/O)c3ccc4c(c3)C[C@@H](C)O4)[C@@H]2c2ccc(Cl)cc2)s1. The van der Waals surface area contributed by atoms with E-state index in [2.05, 4.69) is 10.2 Å². The fourth-order valence-corrected chi connectivity index (χ4v) is 4.94. The fraction of sp³-hybridized carbons (Fsp3) is 0.217. The van der Waals surface area contributed by atoms with Gasteiger partial charge in [0.1, 0.15) is 22.6 Å². The number of carbonyl (C=O) groups is 2. The van der Waals surface area contributed by atoms with E-state index in [1.807, 2.05) is 6.92 Å². The van der Waals surface area contributed by atoms with E-state index in [9.17, 15) is 14.7 Å². The van der Waals surface area contributed by atoms with Crippen molar-refractivity contribution < 1.29 is 19.4 Å². The average molecular weight is 468 g/mol. The van der Waals surface area contributed by atoms with Gasteiger partial charge in [-0.3, -0.25) is 14.5 Å². The maximum absolute atomic E-state index is 13.1. The summed E-state index contributed by atoms with van der Waals surface area (Å²) in [6.45, 7) is 3.73. The lowest BCUT2D eigenvalue weighted by Gasteiger charge is -2.22. The lowest BCUT2D eigenvalue weighted by molar-refractivity contribution is -0.132. The first-order chi connectivity index (χ1) is 15.3. The summed E-state index contributed by atoms with van der Waals surface area (Å²) in [7, 11) is 0. The molecule has 1 N–H and O–H groups in total. The molecule has 2 aliphatic rings. The van der Waals surface area contributed by atoms with Gasteiger partial charge in [0, 0.05) is 17.0 Å². The highest BCUT2D eigenvalue weighted by Gasteiger charge is 2.48. The van der Waals surface area contributed by atoms with Gasteiger partial charge in [0.15, 0.2) is 0 Å². The van der Waals surface area contributed by atoms with Crippen LogP contribution in [0.25, 0.3) is 5.76 Å². The summed E-state index contributed by atoms with van der Waals surface area (Å²) >= 11 is 7.25. The molecule has 1 amide bonds. The Labute approximate surface area is 192 Å². The molecule has 0 unspecified atom stereocenters. The van der Waals surface area contributed by atoms with Gasteiger partial charge in [0.2, 0.25) is 5.13 Å². The number of aliphatic hydroxyl groups is 1. The number of carbonyl (C=O) groups excluding carboxylic acids is 2. The minimum Gasteiger partial charge on any atom is -0.507 e. The Hall–Kier alpha value is -3.23. The molecule has 32 heavy (non-hydrogen) atoms. The maximum atomic E-state index is 13.1. The van der Waals surface area contributed by atoms with Crippen molar-refractivity contribution >= 4 is 45.5 Å². The number of ketones is 1. The number of anilines is 1. The maximum Gasteiger partial charge on any atom is 0.301 e. The number of halogens is 1. The third-order valence-electron chi connectivity index (χ3n) is 5.52. The second-order valence-corrected chi connectivity index (χ2v) is 9.38. The van der Waals surface area contributed by atoms with Gasteiger partial charge >= 0.3 is 5.91 Å². The molecule has 0 aliphatic carbocycles. The van der Waals surface area contributed by atoms with Crippen molar-refractivity contribution in [1.29, 1.82) is 0 Å². The summed E-state index contributed by atoms with van der Waals surface area (Å²) in [6.07, 6.45) is 0.748. The summed E-state index contributed by atoms with van der Waals surface area (Å²) in [6, 6.07) is 11.2. The molecule has 7 nitrogen and oxygen atoms in total. The molecule has 9 heteroatoms. The lowest BCUT2D eigenvalue weighted by atomic mass is 9.94. The fourth-order valence-electron chi connectivity index (χ4n) is 4.10. The summed E-state index contributed by atoms with van der Waals surface area (Å²) in [5, 5.41) is 20.8. The Bertz CT molecular complexity index is 1280. The molecule has 2 atom stereocenters. The van der Waals surface area contributed by atoms with Gasteiger partial charge in [-0.05, 0) is 55.3 Å². The zero-order chi connectivity index (χ0) is 22.6. The van der Waals surface area contributed by atoms with Gasteiger partial charge in [-0.15, -0.1) is 10.2 Å². The molecule has 2 aliphatic heterocycles. The van der Waals surface area contributed by atoms with E-state index in [4.69, 9.17) is 16.3 Å². The quantitative estimate of drug-likeness (QED) is 0.347. The van der Waals surface area contributed by atoms with E-state index in [1.165, 1.54) is 16.2 Å². The molecule has 162 valence electrons. The van der Waals surface area contributed by atoms with Crippen LogP contribution in [0.4, 0.5) is 5.13 Å². The van der Waals surface area contributed by atoms with Crippen LogP contribution < -0.4 is 9.64 Å².